The molecule has 29 heavy (non-hydrogen) atoms. The lowest BCUT2D eigenvalue weighted by atomic mass is 9.86. The van der Waals surface area contributed by atoms with E-state index < -0.39 is 5.54 Å². The van der Waals surface area contributed by atoms with Crippen LogP contribution in [0.25, 0.3) is 11.1 Å². The number of rotatable bonds is 4. The molecule has 4 nitrogen and oxygen atoms in total. The molecule has 1 aromatic heterocycles. The van der Waals surface area contributed by atoms with Crippen LogP contribution in [0.1, 0.15) is 36.0 Å². The van der Waals surface area contributed by atoms with Crippen molar-refractivity contribution in [3.63, 3.8) is 0 Å². The minimum Gasteiger partial charge on any atom is -0.497 e. The summed E-state index contributed by atoms with van der Waals surface area (Å²) in [6.07, 6.45) is 0. The SMILES string of the molecule is CCOc1ccc(C(=O)N2c3ccc(OC)cc3-c3c(ssc3=S)C2(C)C)cc1. The molecule has 1 aliphatic rings. The summed E-state index contributed by atoms with van der Waals surface area (Å²) >= 11 is 5.64. The van der Waals surface area contributed by atoms with Crippen LogP contribution in [0.15, 0.2) is 42.5 Å². The van der Waals surface area contributed by atoms with Gasteiger partial charge in [-0.25, -0.2) is 0 Å². The molecule has 2 heterocycles. The molecule has 0 fully saturated rings. The number of benzene rings is 2. The van der Waals surface area contributed by atoms with E-state index in [1.165, 1.54) is 0 Å². The molecule has 0 atom stereocenters. The summed E-state index contributed by atoms with van der Waals surface area (Å²) in [4.78, 5) is 16.6. The molecule has 0 saturated carbocycles. The van der Waals surface area contributed by atoms with Gasteiger partial charge < -0.3 is 9.47 Å². The number of methoxy groups -OCH3 is 1. The standard InChI is InChI=1S/C22H21NO3S3/c1-5-26-14-8-6-13(7-9-14)20(24)23-17-11-10-15(25-4)12-16(17)18-19(22(23,2)3)28-29-21(18)27/h6-12H,5H2,1-4H3. The van der Waals surface area contributed by atoms with Gasteiger partial charge in [-0.15, -0.1) is 0 Å². The monoisotopic (exact) mass is 443 g/mol. The van der Waals surface area contributed by atoms with E-state index in [0.29, 0.717) is 12.2 Å². The Kier molecular flexibility index (Phi) is 5.23. The van der Waals surface area contributed by atoms with Gasteiger partial charge in [-0.3, -0.25) is 9.69 Å². The largest absolute Gasteiger partial charge is 0.497 e. The maximum absolute atomic E-state index is 13.7. The van der Waals surface area contributed by atoms with Gasteiger partial charge in [0.15, 0.2) is 0 Å². The number of ether oxygens (including phenoxy) is 2. The van der Waals surface area contributed by atoms with Gasteiger partial charge in [0.1, 0.15) is 15.3 Å². The van der Waals surface area contributed by atoms with Gasteiger partial charge in [-0.05, 0) is 63.2 Å². The summed E-state index contributed by atoms with van der Waals surface area (Å²) in [6.45, 7) is 6.67. The Balaban J connectivity index is 1.87. The molecule has 0 saturated heterocycles. The number of hydrogen-bond acceptors (Lipinski definition) is 6. The lowest BCUT2D eigenvalue weighted by molar-refractivity contribution is 0.0961. The first-order valence-electron chi connectivity index (χ1n) is 9.28. The van der Waals surface area contributed by atoms with Gasteiger partial charge in [0.2, 0.25) is 0 Å². The predicted octanol–water partition coefficient (Wildman–Crippen LogP) is 6.51. The third-order valence-corrected chi connectivity index (χ3v) is 8.41. The van der Waals surface area contributed by atoms with Crippen LogP contribution < -0.4 is 14.4 Å². The van der Waals surface area contributed by atoms with Gasteiger partial charge in [-0.1, -0.05) is 32.9 Å². The van der Waals surface area contributed by atoms with E-state index in [1.807, 2.05) is 54.3 Å². The lowest BCUT2D eigenvalue weighted by Crippen LogP contribution is -2.47. The third kappa shape index (κ3) is 3.27. The Labute approximate surface area is 182 Å². The summed E-state index contributed by atoms with van der Waals surface area (Å²) in [5.74, 6) is 1.44. The van der Waals surface area contributed by atoms with Crippen molar-refractivity contribution in [1.29, 1.82) is 0 Å². The highest BCUT2D eigenvalue weighted by Crippen LogP contribution is 2.53. The second-order valence-corrected chi connectivity index (χ2v) is 10.0. The molecule has 0 aliphatic carbocycles. The third-order valence-electron chi connectivity index (χ3n) is 5.08. The van der Waals surface area contributed by atoms with E-state index in [-0.39, 0.29) is 5.91 Å². The molecule has 0 N–H and O–H groups in total. The summed E-state index contributed by atoms with van der Waals surface area (Å²) in [6, 6.07) is 13.1. The Hall–Kier alpha value is -2.22. The van der Waals surface area contributed by atoms with Crippen LogP contribution in [0.4, 0.5) is 5.69 Å². The lowest BCUT2D eigenvalue weighted by Gasteiger charge is -2.43. The van der Waals surface area contributed by atoms with Crippen molar-refractivity contribution >= 4 is 44.5 Å². The molecule has 3 aromatic rings. The van der Waals surface area contributed by atoms with Crippen molar-refractivity contribution in [3.05, 3.63) is 56.7 Å². The Morgan fingerprint density at radius 3 is 2.45 bits per heavy atom. The maximum atomic E-state index is 13.7. The van der Waals surface area contributed by atoms with Crippen molar-refractivity contribution in [2.75, 3.05) is 18.6 Å². The van der Waals surface area contributed by atoms with Crippen molar-refractivity contribution in [3.8, 4) is 22.6 Å². The molecule has 150 valence electrons. The molecular weight excluding hydrogens is 422 g/mol. The number of anilines is 1. The highest BCUT2D eigenvalue weighted by Gasteiger charge is 2.43. The molecule has 0 radical (unpaired) electrons. The quantitative estimate of drug-likeness (QED) is 0.340. The Morgan fingerprint density at radius 2 is 1.79 bits per heavy atom. The van der Waals surface area contributed by atoms with E-state index in [0.717, 1.165) is 37.0 Å². The molecule has 4 rings (SSSR count). The number of fused-ring (bicyclic) bond motifs is 3. The van der Waals surface area contributed by atoms with E-state index in [4.69, 9.17) is 21.7 Å². The van der Waals surface area contributed by atoms with Crippen LogP contribution in [0, 0.1) is 3.82 Å². The topological polar surface area (TPSA) is 38.8 Å². The number of nitrogens with zero attached hydrogens (tertiary/aromatic N) is 1. The molecule has 0 spiro atoms. The highest BCUT2D eigenvalue weighted by atomic mass is 32.9. The Morgan fingerprint density at radius 1 is 1.10 bits per heavy atom. The summed E-state index contributed by atoms with van der Waals surface area (Å²) in [7, 11) is 4.86. The zero-order valence-electron chi connectivity index (χ0n) is 16.6. The molecule has 0 bridgehead atoms. The zero-order valence-corrected chi connectivity index (χ0v) is 19.1. The van der Waals surface area contributed by atoms with Gasteiger partial charge in [0.05, 0.1) is 29.8 Å². The second-order valence-electron chi connectivity index (χ2n) is 7.20. The molecular formula is C22H21NO3S3. The van der Waals surface area contributed by atoms with Crippen LogP contribution in [0.5, 0.6) is 11.5 Å². The number of carbonyl (C=O) groups is 1. The first-order chi connectivity index (χ1) is 13.9. The zero-order chi connectivity index (χ0) is 20.8. The highest BCUT2D eigenvalue weighted by molar-refractivity contribution is 7.80. The number of hydrogen-bond donors (Lipinski definition) is 0. The van der Waals surface area contributed by atoms with Gasteiger partial charge >= 0.3 is 0 Å². The molecule has 1 amide bonds. The van der Waals surface area contributed by atoms with Crippen LogP contribution in [0.2, 0.25) is 0 Å². The minimum atomic E-state index is -0.523. The van der Waals surface area contributed by atoms with Crippen molar-refractivity contribution in [1.82, 2.24) is 0 Å². The van der Waals surface area contributed by atoms with Crippen LogP contribution in [-0.4, -0.2) is 19.6 Å². The van der Waals surface area contributed by atoms with E-state index in [1.54, 1.807) is 27.8 Å². The van der Waals surface area contributed by atoms with Crippen LogP contribution in [0.3, 0.4) is 0 Å². The first kappa shape index (κ1) is 20.1. The van der Waals surface area contributed by atoms with Crippen LogP contribution >= 0.6 is 32.9 Å². The van der Waals surface area contributed by atoms with E-state index >= 15 is 0 Å². The fourth-order valence-electron chi connectivity index (χ4n) is 3.69. The van der Waals surface area contributed by atoms with Gasteiger partial charge in [0.25, 0.3) is 5.91 Å². The first-order valence-corrected chi connectivity index (χ1v) is 11.8. The maximum Gasteiger partial charge on any atom is 0.259 e. The van der Waals surface area contributed by atoms with Crippen molar-refractivity contribution in [2.45, 2.75) is 26.3 Å². The molecule has 1 aliphatic heterocycles. The van der Waals surface area contributed by atoms with Crippen LogP contribution in [-0.2, 0) is 5.54 Å². The summed E-state index contributed by atoms with van der Waals surface area (Å²) in [5, 5.41) is 0. The van der Waals surface area contributed by atoms with Gasteiger partial charge in [-0.2, -0.15) is 0 Å². The van der Waals surface area contributed by atoms with Crippen molar-refractivity contribution < 1.29 is 14.3 Å². The molecule has 0 unspecified atom stereocenters. The van der Waals surface area contributed by atoms with Crippen molar-refractivity contribution in [2.24, 2.45) is 0 Å². The fraction of sp³-hybridized carbons (Fsp3) is 0.273. The summed E-state index contributed by atoms with van der Waals surface area (Å²) in [5.41, 5.74) is 2.93. The fourth-order valence-corrected chi connectivity index (χ4v) is 6.97. The number of carbonyl (C=O) groups excluding carboxylic acids is 1. The average molecular weight is 444 g/mol. The predicted molar refractivity (Wildman–Crippen MR) is 122 cm³/mol. The molecule has 7 heteroatoms. The summed E-state index contributed by atoms with van der Waals surface area (Å²) < 4.78 is 11.8. The second kappa shape index (κ2) is 7.55. The minimum absolute atomic E-state index is 0.0561. The smallest absolute Gasteiger partial charge is 0.259 e. The van der Waals surface area contributed by atoms with E-state index in [2.05, 4.69) is 13.8 Å². The van der Waals surface area contributed by atoms with Gasteiger partial charge in [0, 0.05) is 16.7 Å². The van der Waals surface area contributed by atoms with E-state index in [9.17, 15) is 4.79 Å². The average Bonchev–Trinajstić information content (AvgIpc) is 3.11. The Bertz CT molecular complexity index is 1130. The molecule has 2 aromatic carbocycles. The number of amides is 1. The normalized spacial score (nSPS) is 14.1.